The van der Waals surface area contributed by atoms with E-state index in [1.807, 2.05) is 35.2 Å². The van der Waals surface area contributed by atoms with Crippen molar-refractivity contribution >= 4 is 5.91 Å². The van der Waals surface area contributed by atoms with Crippen molar-refractivity contribution in [2.75, 3.05) is 32.7 Å². The molecule has 0 N–H and O–H groups in total. The molecule has 1 heterocycles. The molecular weight excluding hydrogens is 236 g/mol. The van der Waals surface area contributed by atoms with Crippen LogP contribution in [0, 0.1) is 0 Å². The van der Waals surface area contributed by atoms with Crippen LogP contribution in [0.1, 0.15) is 36.5 Å². The number of carbonyl (C=O) groups excluding carboxylic acids is 1. The zero-order valence-electron chi connectivity index (χ0n) is 11.8. The third-order valence-corrected chi connectivity index (χ3v) is 3.72. The number of carbonyl (C=O) groups is 1. The van der Waals surface area contributed by atoms with E-state index in [4.69, 9.17) is 0 Å². The maximum atomic E-state index is 12.4. The van der Waals surface area contributed by atoms with E-state index in [0.29, 0.717) is 0 Å². The van der Waals surface area contributed by atoms with Gasteiger partial charge in [0.25, 0.3) is 5.91 Å². The second-order valence-corrected chi connectivity index (χ2v) is 5.21. The Morgan fingerprint density at radius 1 is 1.11 bits per heavy atom. The number of amides is 1. The van der Waals surface area contributed by atoms with Gasteiger partial charge in [0.2, 0.25) is 0 Å². The van der Waals surface area contributed by atoms with Crippen LogP contribution >= 0.6 is 0 Å². The Balaban J connectivity index is 1.90. The molecule has 0 saturated carbocycles. The standard InChI is InChI=1S/C16H24N2O/c1-2-3-10-17-11-7-12-18(14-13-17)16(19)15-8-5-4-6-9-15/h4-6,8-9H,2-3,7,10-14H2,1H3. The van der Waals surface area contributed by atoms with Gasteiger partial charge in [-0.05, 0) is 38.1 Å². The van der Waals surface area contributed by atoms with Crippen molar-refractivity contribution in [3.8, 4) is 0 Å². The highest BCUT2D eigenvalue weighted by molar-refractivity contribution is 5.94. The van der Waals surface area contributed by atoms with Crippen LogP contribution in [0.15, 0.2) is 30.3 Å². The Morgan fingerprint density at radius 3 is 2.63 bits per heavy atom. The SMILES string of the molecule is CCCCN1CCCN(C(=O)c2ccccc2)CC1. The van der Waals surface area contributed by atoms with Gasteiger partial charge in [0.1, 0.15) is 0 Å². The summed E-state index contributed by atoms with van der Waals surface area (Å²) in [5, 5.41) is 0. The van der Waals surface area contributed by atoms with E-state index in [9.17, 15) is 4.79 Å². The molecule has 19 heavy (non-hydrogen) atoms. The topological polar surface area (TPSA) is 23.6 Å². The van der Waals surface area contributed by atoms with Crippen LogP contribution in [0.5, 0.6) is 0 Å². The third kappa shape index (κ3) is 4.06. The molecule has 1 fully saturated rings. The smallest absolute Gasteiger partial charge is 0.253 e. The van der Waals surface area contributed by atoms with Crippen molar-refractivity contribution in [3.63, 3.8) is 0 Å². The van der Waals surface area contributed by atoms with Gasteiger partial charge in [-0.1, -0.05) is 31.5 Å². The first-order chi connectivity index (χ1) is 9.31. The van der Waals surface area contributed by atoms with E-state index < -0.39 is 0 Å². The zero-order valence-corrected chi connectivity index (χ0v) is 11.8. The lowest BCUT2D eigenvalue weighted by atomic mass is 10.2. The van der Waals surface area contributed by atoms with Gasteiger partial charge in [-0.15, -0.1) is 0 Å². The monoisotopic (exact) mass is 260 g/mol. The van der Waals surface area contributed by atoms with E-state index >= 15 is 0 Å². The molecule has 0 aliphatic carbocycles. The van der Waals surface area contributed by atoms with Crippen molar-refractivity contribution in [2.24, 2.45) is 0 Å². The Hall–Kier alpha value is -1.35. The molecule has 1 amide bonds. The summed E-state index contributed by atoms with van der Waals surface area (Å²) < 4.78 is 0. The highest BCUT2D eigenvalue weighted by atomic mass is 16.2. The Bertz CT molecular complexity index is 391. The van der Waals surface area contributed by atoms with Gasteiger partial charge in [-0.25, -0.2) is 0 Å². The van der Waals surface area contributed by atoms with Crippen molar-refractivity contribution in [3.05, 3.63) is 35.9 Å². The fraction of sp³-hybridized carbons (Fsp3) is 0.562. The zero-order chi connectivity index (χ0) is 13.5. The molecule has 1 saturated heterocycles. The van der Waals surface area contributed by atoms with Crippen LogP contribution in [0.4, 0.5) is 0 Å². The second-order valence-electron chi connectivity index (χ2n) is 5.21. The minimum Gasteiger partial charge on any atom is -0.337 e. The number of hydrogen-bond donors (Lipinski definition) is 0. The lowest BCUT2D eigenvalue weighted by Crippen LogP contribution is -2.35. The summed E-state index contributed by atoms with van der Waals surface area (Å²) in [5.74, 6) is 0.179. The molecule has 2 rings (SSSR count). The molecule has 0 bridgehead atoms. The predicted molar refractivity (Wildman–Crippen MR) is 78.3 cm³/mol. The van der Waals surface area contributed by atoms with Gasteiger partial charge in [0.05, 0.1) is 0 Å². The van der Waals surface area contributed by atoms with E-state index in [1.165, 1.54) is 19.4 Å². The normalized spacial score (nSPS) is 17.2. The third-order valence-electron chi connectivity index (χ3n) is 3.72. The predicted octanol–water partition coefficient (Wildman–Crippen LogP) is 2.63. The van der Waals surface area contributed by atoms with Crippen molar-refractivity contribution in [1.29, 1.82) is 0 Å². The van der Waals surface area contributed by atoms with E-state index in [-0.39, 0.29) is 5.91 Å². The van der Waals surface area contributed by atoms with Gasteiger partial charge in [0.15, 0.2) is 0 Å². The van der Waals surface area contributed by atoms with Gasteiger partial charge in [-0.2, -0.15) is 0 Å². The lowest BCUT2D eigenvalue weighted by Gasteiger charge is -2.22. The number of nitrogens with zero attached hydrogens (tertiary/aromatic N) is 2. The molecule has 0 aromatic heterocycles. The molecule has 3 heteroatoms. The molecule has 3 nitrogen and oxygen atoms in total. The quantitative estimate of drug-likeness (QED) is 0.831. The first-order valence-corrected chi connectivity index (χ1v) is 7.38. The van der Waals surface area contributed by atoms with Gasteiger partial charge < -0.3 is 9.80 Å². The highest BCUT2D eigenvalue weighted by Crippen LogP contribution is 2.09. The van der Waals surface area contributed by atoms with Crippen LogP contribution in [0.2, 0.25) is 0 Å². The van der Waals surface area contributed by atoms with Gasteiger partial charge >= 0.3 is 0 Å². The summed E-state index contributed by atoms with van der Waals surface area (Å²) in [6, 6.07) is 9.62. The molecule has 0 radical (unpaired) electrons. The first kappa shape index (κ1) is 14.1. The number of benzene rings is 1. The fourth-order valence-electron chi connectivity index (χ4n) is 2.54. The van der Waals surface area contributed by atoms with Crippen LogP contribution < -0.4 is 0 Å². The first-order valence-electron chi connectivity index (χ1n) is 7.38. The van der Waals surface area contributed by atoms with Crippen molar-refractivity contribution in [2.45, 2.75) is 26.2 Å². The minimum atomic E-state index is 0.179. The maximum absolute atomic E-state index is 12.4. The van der Waals surface area contributed by atoms with Crippen LogP contribution in [0.3, 0.4) is 0 Å². The average Bonchev–Trinajstić information content (AvgIpc) is 2.71. The molecular formula is C16H24N2O. The Kier molecular flexibility index (Phi) is 5.40. The fourth-order valence-corrected chi connectivity index (χ4v) is 2.54. The largest absolute Gasteiger partial charge is 0.337 e. The van der Waals surface area contributed by atoms with Crippen LogP contribution in [-0.4, -0.2) is 48.4 Å². The van der Waals surface area contributed by atoms with E-state index in [2.05, 4.69) is 11.8 Å². The molecule has 104 valence electrons. The lowest BCUT2D eigenvalue weighted by molar-refractivity contribution is 0.0761. The van der Waals surface area contributed by atoms with E-state index in [1.54, 1.807) is 0 Å². The number of hydrogen-bond acceptors (Lipinski definition) is 2. The van der Waals surface area contributed by atoms with Crippen molar-refractivity contribution < 1.29 is 4.79 Å². The molecule has 1 aliphatic heterocycles. The molecule has 1 aromatic carbocycles. The highest BCUT2D eigenvalue weighted by Gasteiger charge is 2.19. The number of rotatable bonds is 4. The molecule has 1 aliphatic rings. The molecule has 0 spiro atoms. The summed E-state index contributed by atoms with van der Waals surface area (Å²) in [4.78, 5) is 16.9. The summed E-state index contributed by atoms with van der Waals surface area (Å²) >= 11 is 0. The second kappa shape index (κ2) is 7.29. The number of unbranched alkanes of at least 4 members (excludes halogenated alkanes) is 1. The van der Waals surface area contributed by atoms with E-state index in [0.717, 1.165) is 38.2 Å². The minimum absolute atomic E-state index is 0.179. The summed E-state index contributed by atoms with van der Waals surface area (Å²) in [6.07, 6.45) is 3.58. The Morgan fingerprint density at radius 2 is 1.89 bits per heavy atom. The van der Waals surface area contributed by atoms with Gasteiger partial charge in [0, 0.05) is 25.2 Å². The summed E-state index contributed by atoms with van der Waals surface area (Å²) in [5.41, 5.74) is 0.810. The molecule has 0 atom stereocenters. The Labute approximate surface area is 116 Å². The maximum Gasteiger partial charge on any atom is 0.253 e. The summed E-state index contributed by atoms with van der Waals surface area (Å²) in [6.45, 7) is 7.28. The summed E-state index contributed by atoms with van der Waals surface area (Å²) in [7, 11) is 0. The van der Waals surface area contributed by atoms with Crippen molar-refractivity contribution in [1.82, 2.24) is 9.80 Å². The molecule has 1 aromatic rings. The molecule has 0 unspecified atom stereocenters. The average molecular weight is 260 g/mol. The van der Waals surface area contributed by atoms with Crippen LogP contribution in [-0.2, 0) is 0 Å². The van der Waals surface area contributed by atoms with Gasteiger partial charge in [-0.3, -0.25) is 4.79 Å². The van der Waals surface area contributed by atoms with Crippen LogP contribution in [0.25, 0.3) is 0 Å².